The lowest BCUT2D eigenvalue weighted by atomic mass is 10.4. The molecule has 1 rings (SSSR count). The van der Waals surface area contributed by atoms with E-state index >= 15 is 0 Å². The first-order chi connectivity index (χ1) is 5.84. The van der Waals surface area contributed by atoms with Crippen molar-refractivity contribution in [2.45, 2.75) is 6.42 Å². The molecule has 1 aromatic rings. The maximum atomic E-state index is 8.34. The normalized spacial score (nSPS) is 9.00. The van der Waals surface area contributed by atoms with Crippen molar-refractivity contribution in [1.82, 2.24) is 9.97 Å². The average Bonchev–Trinajstić information content (AvgIpc) is 2.15. The van der Waals surface area contributed by atoms with Crippen molar-refractivity contribution < 1.29 is 0 Å². The number of rotatable bonds is 3. The van der Waals surface area contributed by atoms with Crippen LogP contribution in [-0.4, -0.2) is 23.6 Å². The van der Waals surface area contributed by atoms with Crippen LogP contribution in [0.1, 0.15) is 6.42 Å². The number of nitriles is 1. The molecule has 4 nitrogen and oxygen atoms in total. The molecular weight excluding hydrogens is 152 g/mol. The molecule has 0 radical (unpaired) electrons. The van der Waals surface area contributed by atoms with E-state index < -0.39 is 0 Å². The van der Waals surface area contributed by atoms with Crippen LogP contribution in [0, 0.1) is 11.3 Å². The molecule has 0 aromatic carbocycles. The highest BCUT2D eigenvalue weighted by atomic mass is 15.2. The molecule has 0 saturated heterocycles. The Hall–Kier alpha value is -1.63. The summed E-state index contributed by atoms with van der Waals surface area (Å²) in [4.78, 5) is 9.92. The van der Waals surface area contributed by atoms with E-state index in [1.807, 2.05) is 11.9 Å². The average molecular weight is 162 g/mol. The van der Waals surface area contributed by atoms with Gasteiger partial charge in [0, 0.05) is 26.0 Å². The zero-order valence-corrected chi connectivity index (χ0v) is 6.94. The monoisotopic (exact) mass is 162 g/mol. The minimum atomic E-state index is 0.495. The first-order valence-electron chi connectivity index (χ1n) is 3.69. The highest BCUT2D eigenvalue weighted by Crippen LogP contribution is 2.01. The van der Waals surface area contributed by atoms with Gasteiger partial charge in [0.2, 0.25) is 5.95 Å². The van der Waals surface area contributed by atoms with E-state index in [0.717, 1.165) is 0 Å². The molecule has 0 aliphatic heterocycles. The van der Waals surface area contributed by atoms with Gasteiger partial charge in [0.15, 0.2) is 0 Å². The molecule has 62 valence electrons. The topological polar surface area (TPSA) is 52.8 Å². The Morgan fingerprint density at radius 2 is 2.17 bits per heavy atom. The van der Waals surface area contributed by atoms with Gasteiger partial charge in [0.05, 0.1) is 12.5 Å². The van der Waals surface area contributed by atoms with E-state index in [-0.39, 0.29) is 0 Å². The minimum Gasteiger partial charge on any atom is -0.343 e. The van der Waals surface area contributed by atoms with Crippen LogP contribution in [0.4, 0.5) is 5.95 Å². The van der Waals surface area contributed by atoms with Crippen molar-refractivity contribution in [3.8, 4) is 6.07 Å². The fourth-order valence-corrected chi connectivity index (χ4v) is 0.806. The summed E-state index contributed by atoms with van der Waals surface area (Å²) in [6, 6.07) is 3.84. The van der Waals surface area contributed by atoms with Crippen LogP contribution in [0.5, 0.6) is 0 Å². The van der Waals surface area contributed by atoms with Crippen molar-refractivity contribution in [3.05, 3.63) is 18.5 Å². The van der Waals surface area contributed by atoms with E-state index in [2.05, 4.69) is 16.0 Å². The Bertz CT molecular complexity index is 264. The number of anilines is 1. The van der Waals surface area contributed by atoms with Crippen LogP contribution in [0.25, 0.3) is 0 Å². The number of hydrogen-bond acceptors (Lipinski definition) is 4. The highest BCUT2D eigenvalue weighted by molar-refractivity contribution is 5.26. The van der Waals surface area contributed by atoms with Gasteiger partial charge in [-0.2, -0.15) is 5.26 Å². The number of nitrogens with zero attached hydrogens (tertiary/aromatic N) is 4. The molecule has 0 fully saturated rings. The van der Waals surface area contributed by atoms with Crippen LogP contribution in [-0.2, 0) is 0 Å². The smallest absolute Gasteiger partial charge is 0.225 e. The Morgan fingerprint density at radius 3 is 2.75 bits per heavy atom. The molecule has 4 heteroatoms. The first-order valence-corrected chi connectivity index (χ1v) is 3.69. The van der Waals surface area contributed by atoms with Crippen molar-refractivity contribution in [2.75, 3.05) is 18.5 Å². The molecule has 0 unspecified atom stereocenters. The van der Waals surface area contributed by atoms with Crippen LogP contribution in [0.2, 0.25) is 0 Å². The van der Waals surface area contributed by atoms with Crippen LogP contribution >= 0.6 is 0 Å². The van der Waals surface area contributed by atoms with Gasteiger partial charge in [-0.25, -0.2) is 9.97 Å². The van der Waals surface area contributed by atoms with E-state index in [0.29, 0.717) is 18.9 Å². The quantitative estimate of drug-likeness (QED) is 0.660. The summed E-state index contributed by atoms with van der Waals surface area (Å²) >= 11 is 0. The number of aromatic nitrogens is 2. The molecule has 0 bridgehead atoms. The summed E-state index contributed by atoms with van der Waals surface area (Å²) < 4.78 is 0. The summed E-state index contributed by atoms with van der Waals surface area (Å²) in [5.74, 6) is 0.660. The molecule has 1 aromatic heterocycles. The first kappa shape index (κ1) is 8.47. The molecule has 0 saturated carbocycles. The van der Waals surface area contributed by atoms with Crippen LogP contribution in [0.3, 0.4) is 0 Å². The Balaban J connectivity index is 2.55. The fraction of sp³-hybridized carbons (Fsp3) is 0.375. The summed E-state index contributed by atoms with van der Waals surface area (Å²) in [5, 5.41) is 8.34. The molecule has 0 amide bonds. The maximum absolute atomic E-state index is 8.34. The van der Waals surface area contributed by atoms with Crippen molar-refractivity contribution in [1.29, 1.82) is 5.26 Å². The summed E-state index contributed by atoms with van der Waals surface area (Å²) in [7, 11) is 1.87. The standard InChI is InChI=1S/C8H10N4/c1-12(7-2-4-9)8-10-5-3-6-11-8/h3,5-6H,2,7H2,1H3. The lowest BCUT2D eigenvalue weighted by Gasteiger charge is -2.13. The predicted octanol–water partition coefficient (Wildman–Crippen LogP) is 0.826. The van der Waals surface area contributed by atoms with E-state index in [1.165, 1.54) is 0 Å². The van der Waals surface area contributed by atoms with Gasteiger partial charge in [0.1, 0.15) is 0 Å². The third-order valence-electron chi connectivity index (χ3n) is 1.45. The Morgan fingerprint density at radius 1 is 1.50 bits per heavy atom. The van der Waals surface area contributed by atoms with Crippen molar-refractivity contribution >= 4 is 5.95 Å². The van der Waals surface area contributed by atoms with E-state index in [4.69, 9.17) is 5.26 Å². The Kier molecular flexibility index (Phi) is 3.03. The molecule has 0 spiro atoms. The maximum Gasteiger partial charge on any atom is 0.225 e. The predicted molar refractivity (Wildman–Crippen MR) is 45.5 cm³/mol. The molecular formula is C8H10N4. The summed E-state index contributed by atoms with van der Waals surface area (Å²) in [5.41, 5.74) is 0. The highest BCUT2D eigenvalue weighted by Gasteiger charge is 2.00. The number of hydrogen-bond donors (Lipinski definition) is 0. The molecule has 0 atom stereocenters. The largest absolute Gasteiger partial charge is 0.343 e. The van der Waals surface area contributed by atoms with Gasteiger partial charge in [0.25, 0.3) is 0 Å². The molecule has 0 aliphatic rings. The van der Waals surface area contributed by atoms with Gasteiger partial charge in [-0.05, 0) is 6.07 Å². The molecule has 0 aliphatic carbocycles. The van der Waals surface area contributed by atoms with E-state index in [1.54, 1.807) is 18.5 Å². The second-order valence-corrected chi connectivity index (χ2v) is 2.38. The summed E-state index contributed by atoms with van der Waals surface area (Å²) in [6.45, 7) is 0.667. The summed E-state index contributed by atoms with van der Waals surface area (Å²) in [6.07, 6.45) is 3.87. The molecule has 1 heterocycles. The third kappa shape index (κ3) is 2.20. The lowest BCUT2D eigenvalue weighted by molar-refractivity contribution is 0.858. The molecule has 0 N–H and O–H groups in total. The lowest BCUT2D eigenvalue weighted by Crippen LogP contribution is -2.20. The van der Waals surface area contributed by atoms with Gasteiger partial charge in [-0.3, -0.25) is 0 Å². The van der Waals surface area contributed by atoms with Crippen molar-refractivity contribution in [2.24, 2.45) is 0 Å². The Labute approximate surface area is 71.5 Å². The second kappa shape index (κ2) is 4.29. The zero-order chi connectivity index (χ0) is 8.81. The second-order valence-electron chi connectivity index (χ2n) is 2.38. The van der Waals surface area contributed by atoms with Gasteiger partial charge >= 0.3 is 0 Å². The van der Waals surface area contributed by atoms with Crippen molar-refractivity contribution in [3.63, 3.8) is 0 Å². The minimum absolute atomic E-state index is 0.495. The van der Waals surface area contributed by atoms with E-state index in [9.17, 15) is 0 Å². The van der Waals surface area contributed by atoms with Crippen LogP contribution < -0.4 is 4.90 Å². The van der Waals surface area contributed by atoms with Crippen LogP contribution in [0.15, 0.2) is 18.5 Å². The van der Waals surface area contributed by atoms with Gasteiger partial charge in [-0.1, -0.05) is 0 Å². The fourth-order valence-electron chi connectivity index (χ4n) is 0.806. The van der Waals surface area contributed by atoms with Gasteiger partial charge < -0.3 is 4.90 Å². The zero-order valence-electron chi connectivity index (χ0n) is 6.94. The van der Waals surface area contributed by atoms with Gasteiger partial charge in [-0.15, -0.1) is 0 Å². The SMILES string of the molecule is CN(CCC#N)c1ncccn1. The molecule has 12 heavy (non-hydrogen) atoms. The third-order valence-corrected chi connectivity index (χ3v) is 1.45.